The van der Waals surface area contributed by atoms with Crippen LogP contribution in [0.25, 0.3) is 11.2 Å². The predicted octanol–water partition coefficient (Wildman–Crippen LogP) is -0.576. The monoisotopic (exact) mass is 879 g/mol. The Bertz CT molecular complexity index is 1860. The number of imidazole rings is 1. The molecule has 3 heterocycles. The average molecular weight is 880 g/mol. The van der Waals surface area contributed by atoms with Crippen molar-refractivity contribution in [3.63, 3.8) is 0 Å². The topological polar surface area (TPSA) is 381 Å². The van der Waals surface area contributed by atoms with E-state index in [0.29, 0.717) is 12.8 Å². The van der Waals surface area contributed by atoms with Gasteiger partial charge in [-0.15, -0.1) is 0 Å². The van der Waals surface area contributed by atoms with Crippen molar-refractivity contribution in [1.82, 2.24) is 30.2 Å². The molecule has 10 N–H and O–H groups in total. The van der Waals surface area contributed by atoms with Crippen molar-refractivity contribution in [3.05, 3.63) is 12.7 Å². The molecule has 316 valence electrons. The Morgan fingerprint density at radius 1 is 1.04 bits per heavy atom. The van der Waals surface area contributed by atoms with Crippen molar-refractivity contribution in [3.8, 4) is 0 Å². The molecule has 1 aliphatic heterocycles. The highest BCUT2D eigenvalue weighted by atomic mass is 32.2. The van der Waals surface area contributed by atoms with Gasteiger partial charge in [-0.25, -0.2) is 28.6 Å². The number of phosphoric acid groups is 3. The van der Waals surface area contributed by atoms with Crippen LogP contribution < -0.4 is 16.4 Å². The van der Waals surface area contributed by atoms with Gasteiger partial charge in [0.1, 0.15) is 42.0 Å². The Balaban J connectivity index is 1.48. The molecule has 1 aliphatic rings. The molecule has 0 saturated carbocycles. The van der Waals surface area contributed by atoms with Crippen LogP contribution in [0.2, 0.25) is 0 Å². The summed E-state index contributed by atoms with van der Waals surface area (Å²) in [6.07, 6.45) is -6.25. The fraction of sp³-hybridized carbons (Fsp3) is 0.667. The number of nitrogens with one attached hydrogen (secondary N) is 2. The number of hydrogen-bond acceptors (Lipinski definition) is 19. The number of phosphoric ester groups is 3. The van der Waals surface area contributed by atoms with E-state index >= 15 is 0 Å². The highest BCUT2D eigenvalue weighted by Crippen LogP contribution is 2.61. The summed E-state index contributed by atoms with van der Waals surface area (Å²) in [4.78, 5) is 98.8. The number of anilines is 1. The number of aliphatic hydroxyl groups is 2. The molecule has 56 heavy (non-hydrogen) atoms. The summed E-state index contributed by atoms with van der Waals surface area (Å²) in [6.45, 7) is 2.14. The Morgan fingerprint density at radius 2 is 1.71 bits per heavy atom. The lowest BCUT2D eigenvalue weighted by atomic mass is 9.87. The minimum absolute atomic E-state index is 0.0245. The summed E-state index contributed by atoms with van der Waals surface area (Å²) in [5, 5.41) is 25.9. The molecular formula is C27H44N7O18P3S. The Labute approximate surface area is 322 Å². The van der Waals surface area contributed by atoms with Crippen LogP contribution in [-0.4, -0.2) is 128 Å². The van der Waals surface area contributed by atoms with Gasteiger partial charge in [-0.2, -0.15) is 4.31 Å². The molecule has 0 aromatic carbocycles. The zero-order chi connectivity index (χ0) is 42.1. The lowest BCUT2D eigenvalue weighted by Gasteiger charge is -2.30. The highest BCUT2D eigenvalue weighted by Gasteiger charge is 2.50. The summed E-state index contributed by atoms with van der Waals surface area (Å²) < 4.78 is 62.0. The van der Waals surface area contributed by atoms with Gasteiger partial charge in [-0.05, 0) is 6.42 Å². The number of Topliss-reactive ketones (excluding diaryl/α,β-unsaturated/α-hetero) is 1. The number of aromatic nitrogens is 4. The summed E-state index contributed by atoms with van der Waals surface area (Å²) in [7, 11) is -16.4. The number of hydrogen-bond donors (Lipinski definition) is 9. The van der Waals surface area contributed by atoms with E-state index in [4.69, 9.17) is 19.5 Å². The predicted molar refractivity (Wildman–Crippen MR) is 192 cm³/mol. The molecule has 7 atom stereocenters. The Kier molecular flexibility index (Phi) is 17.2. The van der Waals surface area contributed by atoms with E-state index in [2.05, 4.69) is 34.4 Å². The molecule has 2 amide bonds. The third kappa shape index (κ3) is 14.6. The number of thioether (sulfide) groups is 1. The second kappa shape index (κ2) is 20.3. The van der Waals surface area contributed by atoms with Crippen LogP contribution in [0, 0.1) is 5.41 Å². The first-order valence-corrected chi connectivity index (χ1v) is 22.0. The van der Waals surface area contributed by atoms with Gasteiger partial charge in [0.2, 0.25) is 11.8 Å². The van der Waals surface area contributed by atoms with Gasteiger partial charge in [-0.1, -0.05) is 32.5 Å². The largest absolute Gasteiger partial charge is 0.481 e. The van der Waals surface area contributed by atoms with Gasteiger partial charge in [0.05, 0.1) is 26.0 Å². The quantitative estimate of drug-likeness (QED) is 0.0383. The standard InChI is InChI=1S/C27H44N7O18P3S/c1-4-5-15(35)10-18(37)56-9-8-29-17(36)6-7-30-25(40)22(39)27(2,3)12-49-55(46,47)52-54(44,45)48-11-16-21(51-53(41,42)43)20(38)26(50-16)34-14-33-19-23(28)31-13-32-24(19)34/h13-14,16,20-22,26,38-39H,4-12H2,1-3H3,(H,29,36)(H,30,40)(H,44,45)(H,46,47)(H2,28,31,32)(H2,41,42,43)/t16-,20-,21-,22+,26-/m1/s1. The van der Waals surface area contributed by atoms with Crippen molar-refractivity contribution < 1.29 is 85.3 Å². The number of nitrogen functional groups attached to an aromatic ring is 1. The summed E-state index contributed by atoms with van der Waals surface area (Å²) in [5.41, 5.74) is 4.23. The van der Waals surface area contributed by atoms with Gasteiger partial charge < -0.3 is 50.9 Å². The van der Waals surface area contributed by atoms with Crippen molar-refractivity contribution in [2.45, 2.75) is 77.1 Å². The molecule has 29 heteroatoms. The number of fused-ring (bicyclic) bond motifs is 1. The van der Waals surface area contributed by atoms with E-state index in [1.807, 2.05) is 6.92 Å². The molecule has 0 aliphatic carbocycles. The van der Waals surface area contributed by atoms with Gasteiger partial charge in [0.15, 0.2) is 22.8 Å². The number of nitrogens with zero attached hydrogens (tertiary/aromatic N) is 4. The number of amides is 2. The average Bonchev–Trinajstić information content (AvgIpc) is 3.64. The van der Waals surface area contributed by atoms with E-state index in [1.54, 1.807) is 0 Å². The zero-order valence-corrected chi connectivity index (χ0v) is 33.6. The molecule has 2 unspecified atom stereocenters. The minimum Gasteiger partial charge on any atom is -0.386 e. The van der Waals surface area contributed by atoms with Gasteiger partial charge in [-0.3, -0.25) is 37.3 Å². The second-order valence-corrected chi connectivity index (χ2v) is 18.1. The maximum atomic E-state index is 12.7. The molecule has 25 nitrogen and oxygen atoms in total. The molecule has 2 aromatic rings. The summed E-state index contributed by atoms with van der Waals surface area (Å²) in [5.74, 6) is -1.47. The van der Waals surface area contributed by atoms with Gasteiger partial charge >= 0.3 is 23.5 Å². The van der Waals surface area contributed by atoms with Crippen LogP contribution in [0.3, 0.4) is 0 Å². The minimum atomic E-state index is -5.58. The van der Waals surface area contributed by atoms with Crippen molar-refractivity contribution >= 4 is 74.9 Å². The molecule has 3 rings (SSSR count). The first-order valence-electron chi connectivity index (χ1n) is 16.5. The number of carbonyl (C=O) groups is 4. The highest BCUT2D eigenvalue weighted by molar-refractivity contribution is 8.13. The summed E-state index contributed by atoms with van der Waals surface area (Å²) in [6, 6.07) is 0. The summed E-state index contributed by atoms with van der Waals surface area (Å²) >= 11 is 0.904. The van der Waals surface area contributed by atoms with E-state index in [0.717, 1.165) is 29.0 Å². The van der Waals surface area contributed by atoms with Crippen LogP contribution in [0.1, 0.15) is 52.7 Å². The molecule has 1 fully saturated rings. The van der Waals surface area contributed by atoms with E-state index in [9.17, 15) is 62.7 Å². The smallest absolute Gasteiger partial charge is 0.386 e. The first kappa shape index (κ1) is 47.6. The zero-order valence-electron chi connectivity index (χ0n) is 30.1. The number of nitrogens with two attached hydrogens (primary N) is 1. The van der Waals surface area contributed by atoms with Gasteiger partial charge in [0, 0.05) is 37.1 Å². The van der Waals surface area contributed by atoms with Crippen LogP contribution in [0.5, 0.6) is 0 Å². The van der Waals surface area contributed by atoms with Crippen LogP contribution >= 0.6 is 35.2 Å². The third-order valence-corrected chi connectivity index (χ3v) is 11.6. The molecular weight excluding hydrogens is 835 g/mol. The van der Waals surface area contributed by atoms with Gasteiger partial charge in [0.25, 0.3) is 0 Å². The van der Waals surface area contributed by atoms with Crippen LogP contribution in [0.15, 0.2) is 12.7 Å². The van der Waals surface area contributed by atoms with E-state index < -0.39 is 84.6 Å². The maximum absolute atomic E-state index is 12.7. The van der Waals surface area contributed by atoms with Crippen LogP contribution in [-0.2, 0) is 55.5 Å². The Morgan fingerprint density at radius 3 is 2.38 bits per heavy atom. The second-order valence-electron chi connectivity index (χ2n) is 12.8. The Hall–Kier alpha value is -2.77. The number of aliphatic hydroxyl groups excluding tert-OH is 2. The van der Waals surface area contributed by atoms with E-state index in [1.165, 1.54) is 13.8 Å². The van der Waals surface area contributed by atoms with Crippen LogP contribution in [0.4, 0.5) is 5.82 Å². The number of carbonyl (C=O) groups excluding carboxylic acids is 4. The lowest BCUT2D eigenvalue weighted by Crippen LogP contribution is -2.46. The normalized spacial score (nSPS) is 21.6. The molecule has 0 bridgehead atoms. The molecule has 2 aromatic heterocycles. The van der Waals surface area contributed by atoms with Crippen molar-refractivity contribution in [2.24, 2.45) is 5.41 Å². The van der Waals surface area contributed by atoms with E-state index in [-0.39, 0.29) is 59.6 Å². The molecule has 0 radical (unpaired) electrons. The number of ketones is 1. The first-order chi connectivity index (χ1) is 25.9. The lowest BCUT2D eigenvalue weighted by molar-refractivity contribution is -0.137. The molecule has 1 saturated heterocycles. The fourth-order valence-electron chi connectivity index (χ4n) is 4.87. The van der Waals surface area contributed by atoms with Crippen molar-refractivity contribution in [1.29, 1.82) is 0 Å². The molecule has 0 spiro atoms. The SMILES string of the molecule is CCCC(=O)CC(=O)SCCNC(=O)CCNC(=O)[C@H](O)C(C)(C)COP(=O)(O)OP(=O)(O)OC[C@H]1O[C@@H](n2cnc3c(N)ncnc32)[C@H](O)[C@@H]1OP(=O)(O)O. The fourth-order valence-corrected chi connectivity index (χ4v) is 8.40. The van der Waals surface area contributed by atoms with Crippen molar-refractivity contribution in [2.75, 3.05) is 37.8 Å². The third-order valence-electron chi connectivity index (χ3n) is 7.64. The number of ether oxygens (including phenoxy) is 1. The maximum Gasteiger partial charge on any atom is 0.481 e. The number of rotatable bonds is 23.